The fourth-order valence-electron chi connectivity index (χ4n) is 11.0. The molecule has 0 aliphatic carbocycles. The second-order valence-electron chi connectivity index (χ2n) is 26.0. The maximum atomic E-state index is 13.0. The quantitative estimate of drug-likeness (QED) is 0.0222. The van der Waals surface area contributed by atoms with Crippen molar-refractivity contribution in [2.45, 2.75) is 399 Å². The number of ether oxygens (including phenoxy) is 4. The van der Waals surface area contributed by atoms with Crippen LogP contribution >= 0.6 is 15.6 Å². The molecule has 19 heteroatoms. The SMILES string of the molecule is CCCCCCCCCCCCCCCCCCCCCCC(=O)O[C@H](COC(=O)CCCCCCCCCCCCCC)COP(=O)(O)OC[C@@H](O)COP(=O)(O)OC[C@@H](COC(=O)CCCCCCCCCCC)OC(=O)CCCCCCCCCCCC. The van der Waals surface area contributed by atoms with E-state index in [1.165, 1.54) is 212 Å². The van der Waals surface area contributed by atoms with Crippen molar-refractivity contribution in [1.82, 2.24) is 0 Å². The molecule has 0 saturated carbocycles. The van der Waals surface area contributed by atoms with E-state index in [9.17, 15) is 43.2 Å². The van der Waals surface area contributed by atoms with Gasteiger partial charge in [0.05, 0.1) is 26.4 Å². The number of hydrogen-bond donors (Lipinski definition) is 3. The smallest absolute Gasteiger partial charge is 0.462 e. The van der Waals surface area contributed by atoms with Crippen LogP contribution in [0.4, 0.5) is 0 Å². The molecule has 91 heavy (non-hydrogen) atoms. The van der Waals surface area contributed by atoms with Crippen molar-refractivity contribution < 1.29 is 80.2 Å². The van der Waals surface area contributed by atoms with Gasteiger partial charge in [0.15, 0.2) is 12.2 Å². The van der Waals surface area contributed by atoms with Gasteiger partial charge in [-0.3, -0.25) is 37.3 Å². The average Bonchev–Trinajstić information content (AvgIpc) is 3.73. The molecular weight excluding hydrogens is 1200 g/mol. The molecular formula is C72H140O17P2. The molecule has 0 heterocycles. The minimum Gasteiger partial charge on any atom is -0.462 e. The Morgan fingerprint density at radius 1 is 0.264 bits per heavy atom. The van der Waals surface area contributed by atoms with Crippen LogP contribution in [0.15, 0.2) is 0 Å². The highest BCUT2D eigenvalue weighted by molar-refractivity contribution is 7.47. The fourth-order valence-corrected chi connectivity index (χ4v) is 12.6. The molecule has 0 fully saturated rings. The molecule has 17 nitrogen and oxygen atoms in total. The van der Waals surface area contributed by atoms with E-state index in [0.29, 0.717) is 25.7 Å². The lowest BCUT2D eigenvalue weighted by atomic mass is 10.0. The largest absolute Gasteiger partial charge is 0.472 e. The van der Waals surface area contributed by atoms with E-state index in [4.69, 9.17) is 37.0 Å². The van der Waals surface area contributed by atoms with Gasteiger partial charge in [-0.1, -0.05) is 329 Å². The third-order valence-electron chi connectivity index (χ3n) is 16.9. The predicted molar refractivity (Wildman–Crippen MR) is 368 cm³/mol. The minimum absolute atomic E-state index is 0.107. The summed E-state index contributed by atoms with van der Waals surface area (Å²) in [4.78, 5) is 72.5. The topological polar surface area (TPSA) is 237 Å². The summed E-state index contributed by atoms with van der Waals surface area (Å²) >= 11 is 0. The van der Waals surface area contributed by atoms with Crippen LogP contribution in [0.2, 0.25) is 0 Å². The monoisotopic (exact) mass is 1340 g/mol. The van der Waals surface area contributed by atoms with Gasteiger partial charge < -0.3 is 33.8 Å². The Hall–Kier alpha value is -1.94. The van der Waals surface area contributed by atoms with Crippen molar-refractivity contribution in [1.29, 1.82) is 0 Å². The van der Waals surface area contributed by atoms with Gasteiger partial charge in [-0.05, 0) is 25.7 Å². The molecule has 0 bridgehead atoms. The summed E-state index contributed by atoms with van der Waals surface area (Å²) < 4.78 is 68.3. The molecule has 0 spiro atoms. The molecule has 0 rings (SSSR count). The van der Waals surface area contributed by atoms with Gasteiger partial charge in [0.2, 0.25) is 0 Å². The number of hydrogen-bond acceptors (Lipinski definition) is 15. The number of rotatable bonds is 73. The summed E-state index contributed by atoms with van der Waals surface area (Å²) in [6.45, 7) is 4.93. The van der Waals surface area contributed by atoms with Crippen LogP contribution < -0.4 is 0 Å². The molecule has 0 radical (unpaired) electrons. The number of aliphatic hydroxyl groups excluding tert-OH is 1. The van der Waals surface area contributed by atoms with E-state index in [0.717, 1.165) is 89.9 Å². The third-order valence-corrected chi connectivity index (χ3v) is 18.8. The Labute approximate surface area is 556 Å². The fraction of sp³-hybridized carbons (Fsp3) is 0.944. The molecule has 0 aliphatic rings. The van der Waals surface area contributed by atoms with Crippen molar-refractivity contribution in [3.8, 4) is 0 Å². The number of aliphatic hydroxyl groups is 1. The first kappa shape index (κ1) is 89.1. The van der Waals surface area contributed by atoms with Crippen LogP contribution in [0.3, 0.4) is 0 Å². The number of unbranched alkanes of at least 4 members (excludes halogenated alkanes) is 47. The Kier molecular flexibility index (Phi) is 65.2. The van der Waals surface area contributed by atoms with E-state index in [1.807, 2.05) is 0 Å². The first-order chi connectivity index (χ1) is 44.2. The molecule has 0 aromatic rings. The number of esters is 4. The minimum atomic E-state index is -4.95. The second kappa shape index (κ2) is 66.7. The van der Waals surface area contributed by atoms with Crippen LogP contribution in [0, 0.1) is 0 Å². The maximum absolute atomic E-state index is 13.0. The molecule has 3 N–H and O–H groups in total. The van der Waals surface area contributed by atoms with Crippen molar-refractivity contribution >= 4 is 39.5 Å². The van der Waals surface area contributed by atoms with Crippen molar-refractivity contribution in [2.24, 2.45) is 0 Å². The van der Waals surface area contributed by atoms with Crippen LogP contribution in [0.25, 0.3) is 0 Å². The van der Waals surface area contributed by atoms with E-state index >= 15 is 0 Å². The van der Waals surface area contributed by atoms with E-state index in [-0.39, 0.29) is 25.7 Å². The lowest BCUT2D eigenvalue weighted by Gasteiger charge is -2.21. The number of carbonyl (C=O) groups is 4. The predicted octanol–water partition coefficient (Wildman–Crippen LogP) is 21.1. The summed E-state index contributed by atoms with van der Waals surface area (Å²) in [6.07, 6.45) is 55.5. The highest BCUT2D eigenvalue weighted by Crippen LogP contribution is 2.45. The number of carbonyl (C=O) groups excluding carboxylic acids is 4. The normalized spacial score (nSPS) is 14.0. The average molecular weight is 1340 g/mol. The van der Waals surface area contributed by atoms with Gasteiger partial charge >= 0.3 is 39.5 Å². The van der Waals surface area contributed by atoms with E-state index in [1.54, 1.807) is 0 Å². The Balaban J connectivity index is 5.17. The van der Waals surface area contributed by atoms with Crippen LogP contribution in [0.5, 0.6) is 0 Å². The van der Waals surface area contributed by atoms with Crippen LogP contribution in [-0.4, -0.2) is 96.7 Å². The number of phosphoric acid groups is 2. The van der Waals surface area contributed by atoms with Crippen LogP contribution in [0.1, 0.15) is 381 Å². The summed E-state index contributed by atoms with van der Waals surface area (Å²) in [5.74, 6) is -2.12. The zero-order valence-electron chi connectivity index (χ0n) is 58.8. The summed E-state index contributed by atoms with van der Waals surface area (Å²) in [7, 11) is -9.90. The summed E-state index contributed by atoms with van der Waals surface area (Å²) in [6, 6.07) is 0. The molecule has 5 atom stereocenters. The second-order valence-corrected chi connectivity index (χ2v) is 28.9. The maximum Gasteiger partial charge on any atom is 0.472 e. The highest BCUT2D eigenvalue weighted by atomic mass is 31.2. The van der Waals surface area contributed by atoms with Gasteiger partial charge in [-0.15, -0.1) is 0 Å². The Bertz CT molecular complexity index is 1740. The molecule has 0 aromatic carbocycles. The zero-order chi connectivity index (χ0) is 66.8. The zero-order valence-corrected chi connectivity index (χ0v) is 60.6. The molecule has 0 saturated heterocycles. The van der Waals surface area contributed by atoms with Crippen molar-refractivity contribution in [3.05, 3.63) is 0 Å². The summed E-state index contributed by atoms with van der Waals surface area (Å²) in [5.41, 5.74) is 0. The van der Waals surface area contributed by atoms with Gasteiger partial charge in [0.1, 0.15) is 19.3 Å². The molecule has 540 valence electrons. The van der Waals surface area contributed by atoms with Gasteiger partial charge in [-0.25, -0.2) is 9.13 Å². The highest BCUT2D eigenvalue weighted by Gasteiger charge is 2.30. The van der Waals surface area contributed by atoms with Gasteiger partial charge in [0.25, 0.3) is 0 Å². The molecule has 0 aromatic heterocycles. The number of phosphoric ester groups is 2. The standard InChI is InChI=1S/C72H140O17P2/c1-5-9-13-17-21-25-28-30-31-32-33-34-35-36-37-39-43-47-51-55-59-72(77)89-68(63-83-70(75)57-53-49-45-42-38-29-26-22-18-14-10-6-2)65-87-91(80,81)85-61-66(73)60-84-90(78,79)86-64-67(62-82-69(74)56-52-48-44-40-24-20-16-12-8-4)88-71(76)58-54-50-46-41-27-23-19-15-11-7-3/h66-68,73H,5-65H2,1-4H3,(H,78,79)(H,80,81)/t66-,67+,68+/m0/s1. The van der Waals surface area contributed by atoms with Crippen molar-refractivity contribution in [3.63, 3.8) is 0 Å². The lowest BCUT2D eigenvalue weighted by Crippen LogP contribution is -2.30. The first-order valence-corrected chi connectivity index (χ1v) is 40.8. The van der Waals surface area contributed by atoms with Crippen molar-refractivity contribution in [2.75, 3.05) is 39.6 Å². The lowest BCUT2D eigenvalue weighted by molar-refractivity contribution is -0.161. The summed E-state index contributed by atoms with van der Waals surface area (Å²) in [5, 5.41) is 10.6. The Morgan fingerprint density at radius 3 is 0.648 bits per heavy atom. The molecule has 0 aliphatic heterocycles. The van der Waals surface area contributed by atoms with E-state index < -0.39 is 97.5 Å². The van der Waals surface area contributed by atoms with E-state index in [2.05, 4.69) is 27.7 Å². The molecule has 2 unspecified atom stereocenters. The molecule has 0 amide bonds. The van der Waals surface area contributed by atoms with Gasteiger partial charge in [0, 0.05) is 25.7 Å². The van der Waals surface area contributed by atoms with Gasteiger partial charge in [-0.2, -0.15) is 0 Å². The Morgan fingerprint density at radius 2 is 0.440 bits per heavy atom. The third kappa shape index (κ3) is 66.5. The first-order valence-electron chi connectivity index (χ1n) is 37.8. The van der Waals surface area contributed by atoms with Crippen LogP contribution in [-0.2, 0) is 65.4 Å².